The second-order valence-electron chi connectivity index (χ2n) is 5.96. The Hall–Kier alpha value is -0.570. The zero-order valence-corrected chi connectivity index (χ0v) is 12.8. The normalized spacial score (nSPS) is 13.4. The molecular formula is C15H30O3. The van der Waals surface area contributed by atoms with E-state index < -0.39 is 0 Å². The molecule has 0 saturated carbocycles. The average molecular weight is 258 g/mol. The number of esters is 1. The van der Waals surface area contributed by atoms with Gasteiger partial charge in [0, 0.05) is 13.0 Å². The molecule has 1 unspecified atom stereocenters. The minimum Gasteiger partial charge on any atom is -0.465 e. The smallest absolute Gasteiger partial charge is 0.305 e. The lowest BCUT2D eigenvalue weighted by Crippen LogP contribution is -2.25. The fourth-order valence-corrected chi connectivity index (χ4v) is 2.07. The quantitative estimate of drug-likeness (QED) is 0.441. The molecule has 0 bridgehead atoms. The Balaban J connectivity index is 3.83. The summed E-state index contributed by atoms with van der Waals surface area (Å²) in [7, 11) is 0. The van der Waals surface area contributed by atoms with Gasteiger partial charge in [-0.2, -0.15) is 0 Å². The van der Waals surface area contributed by atoms with Gasteiger partial charge in [0.15, 0.2) is 0 Å². The highest BCUT2D eigenvalue weighted by molar-refractivity contribution is 5.69. The summed E-state index contributed by atoms with van der Waals surface area (Å²) in [6.45, 7) is 12.7. The summed E-state index contributed by atoms with van der Waals surface area (Å²) in [5.74, 6) is 0.301. The van der Waals surface area contributed by atoms with Crippen molar-refractivity contribution < 1.29 is 14.3 Å². The van der Waals surface area contributed by atoms with Crippen molar-refractivity contribution in [2.75, 3.05) is 19.8 Å². The van der Waals surface area contributed by atoms with Gasteiger partial charge in [-0.1, -0.05) is 34.6 Å². The van der Waals surface area contributed by atoms with Gasteiger partial charge in [-0.3, -0.25) is 4.79 Å². The number of carbonyl (C=O) groups excluding carboxylic acids is 1. The SMILES string of the molecule is CCCOCC(C)(C)CC(C)COC(=O)CCC. The minimum atomic E-state index is -0.0793. The maximum atomic E-state index is 11.3. The maximum absolute atomic E-state index is 11.3. The van der Waals surface area contributed by atoms with E-state index in [2.05, 4.69) is 27.7 Å². The first-order valence-corrected chi connectivity index (χ1v) is 7.14. The molecule has 0 aromatic carbocycles. The van der Waals surface area contributed by atoms with Gasteiger partial charge in [0.25, 0.3) is 0 Å². The van der Waals surface area contributed by atoms with Gasteiger partial charge in [0.05, 0.1) is 13.2 Å². The van der Waals surface area contributed by atoms with Crippen LogP contribution < -0.4 is 0 Å². The minimum absolute atomic E-state index is 0.0793. The van der Waals surface area contributed by atoms with Crippen LogP contribution in [0.4, 0.5) is 0 Å². The van der Waals surface area contributed by atoms with Crippen LogP contribution >= 0.6 is 0 Å². The van der Waals surface area contributed by atoms with Gasteiger partial charge in [-0.05, 0) is 30.6 Å². The third kappa shape index (κ3) is 9.46. The molecule has 0 amide bonds. The van der Waals surface area contributed by atoms with E-state index in [1.807, 2.05) is 6.92 Å². The number of ether oxygens (including phenoxy) is 2. The van der Waals surface area contributed by atoms with E-state index in [0.29, 0.717) is 18.9 Å². The van der Waals surface area contributed by atoms with E-state index in [1.54, 1.807) is 0 Å². The lowest BCUT2D eigenvalue weighted by Gasteiger charge is -2.27. The highest BCUT2D eigenvalue weighted by Gasteiger charge is 2.22. The maximum Gasteiger partial charge on any atom is 0.305 e. The summed E-state index contributed by atoms with van der Waals surface area (Å²) < 4.78 is 10.8. The van der Waals surface area contributed by atoms with Crippen LogP contribution in [0, 0.1) is 11.3 Å². The molecule has 0 aromatic heterocycles. The first kappa shape index (κ1) is 17.4. The summed E-state index contributed by atoms with van der Waals surface area (Å²) in [4.78, 5) is 11.3. The van der Waals surface area contributed by atoms with E-state index in [9.17, 15) is 4.79 Å². The first-order chi connectivity index (χ1) is 8.41. The monoisotopic (exact) mass is 258 g/mol. The van der Waals surface area contributed by atoms with E-state index in [-0.39, 0.29) is 11.4 Å². The van der Waals surface area contributed by atoms with Crippen LogP contribution in [0.25, 0.3) is 0 Å². The largest absolute Gasteiger partial charge is 0.465 e. The van der Waals surface area contributed by atoms with Crippen LogP contribution in [0.15, 0.2) is 0 Å². The number of hydrogen-bond acceptors (Lipinski definition) is 3. The van der Waals surface area contributed by atoms with Crippen molar-refractivity contribution in [3.8, 4) is 0 Å². The predicted molar refractivity (Wildman–Crippen MR) is 74.5 cm³/mol. The first-order valence-electron chi connectivity index (χ1n) is 7.14. The Kier molecular flexibility index (Phi) is 9.08. The summed E-state index contributed by atoms with van der Waals surface area (Å²) in [5, 5.41) is 0. The third-order valence-corrected chi connectivity index (χ3v) is 2.73. The van der Waals surface area contributed by atoms with Crippen molar-refractivity contribution in [2.24, 2.45) is 11.3 Å². The predicted octanol–water partition coefficient (Wildman–Crippen LogP) is 3.81. The Morgan fingerprint density at radius 1 is 1.22 bits per heavy atom. The molecule has 0 aliphatic carbocycles. The molecule has 108 valence electrons. The topological polar surface area (TPSA) is 35.5 Å². The molecule has 0 heterocycles. The number of rotatable bonds is 10. The van der Waals surface area contributed by atoms with Crippen molar-refractivity contribution in [3.05, 3.63) is 0 Å². The van der Waals surface area contributed by atoms with E-state index >= 15 is 0 Å². The van der Waals surface area contributed by atoms with Gasteiger partial charge in [0.1, 0.15) is 0 Å². The molecule has 0 aliphatic heterocycles. The van der Waals surface area contributed by atoms with Crippen LogP contribution in [0.1, 0.15) is 60.3 Å². The second kappa shape index (κ2) is 9.37. The standard InChI is InChI=1S/C15H30O3/c1-6-8-14(16)18-11-13(3)10-15(4,5)12-17-9-7-2/h13H,6-12H2,1-5H3. The van der Waals surface area contributed by atoms with Gasteiger partial charge in [-0.15, -0.1) is 0 Å². The van der Waals surface area contributed by atoms with Gasteiger partial charge >= 0.3 is 5.97 Å². The Morgan fingerprint density at radius 2 is 1.89 bits per heavy atom. The molecule has 18 heavy (non-hydrogen) atoms. The fourth-order valence-electron chi connectivity index (χ4n) is 2.07. The number of carbonyl (C=O) groups is 1. The molecule has 3 nitrogen and oxygen atoms in total. The van der Waals surface area contributed by atoms with Gasteiger partial charge < -0.3 is 9.47 Å². The fraction of sp³-hybridized carbons (Fsp3) is 0.933. The molecule has 0 spiro atoms. The second-order valence-corrected chi connectivity index (χ2v) is 5.96. The zero-order valence-electron chi connectivity index (χ0n) is 12.8. The van der Waals surface area contributed by atoms with Gasteiger partial charge in [-0.25, -0.2) is 0 Å². The van der Waals surface area contributed by atoms with Crippen molar-refractivity contribution >= 4 is 5.97 Å². The summed E-state index contributed by atoms with van der Waals surface area (Å²) in [6, 6.07) is 0. The molecule has 0 aliphatic rings. The van der Waals surface area contributed by atoms with Crippen molar-refractivity contribution in [3.63, 3.8) is 0 Å². The summed E-state index contributed by atoms with van der Waals surface area (Å²) in [5.41, 5.74) is 0.145. The molecule has 0 rings (SSSR count). The molecule has 0 aromatic rings. The molecular weight excluding hydrogens is 228 g/mol. The van der Waals surface area contributed by atoms with E-state index in [1.165, 1.54) is 0 Å². The molecule has 0 saturated heterocycles. The lowest BCUT2D eigenvalue weighted by molar-refractivity contribution is -0.145. The van der Waals surface area contributed by atoms with Crippen LogP contribution in [-0.4, -0.2) is 25.8 Å². The van der Waals surface area contributed by atoms with E-state index in [0.717, 1.165) is 32.5 Å². The Morgan fingerprint density at radius 3 is 2.44 bits per heavy atom. The molecule has 0 radical (unpaired) electrons. The molecule has 1 atom stereocenters. The van der Waals surface area contributed by atoms with Gasteiger partial charge in [0.2, 0.25) is 0 Å². The zero-order chi connectivity index (χ0) is 14.0. The number of hydrogen-bond donors (Lipinski definition) is 0. The molecule has 0 N–H and O–H groups in total. The Labute approximate surface area is 112 Å². The van der Waals surface area contributed by atoms with Crippen LogP contribution in [0.3, 0.4) is 0 Å². The third-order valence-electron chi connectivity index (χ3n) is 2.73. The van der Waals surface area contributed by atoms with Crippen molar-refractivity contribution in [1.29, 1.82) is 0 Å². The van der Waals surface area contributed by atoms with Crippen LogP contribution in [-0.2, 0) is 14.3 Å². The van der Waals surface area contributed by atoms with Crippen molar-refractivity contribution in [1.82, 2.24) is 0 Å². The molecule has 3 heteroatoms. The van der Waals surface area contributed by atoms with Crippen LogP contribution in [0.5, 0.6) is 0 Å². The van der Waals surface area contributed by atoms with E-state index in [4.69, 9.17) is 9.47 Å². The lowest BCUT2D eigenvalue weighted by atomic mass is 9.84. The molecule has 0 fully saturated rings. The summed E-state index contributed by atoms with van der Waals surface area (Å²) >= 11 is 0. The highest BCUT2D eigenvalue weighted by atomic mass is 16.5. The summed E-state index contributed by atoms with van der Waals surface area (Å²) in [6.07, 6.45) is 3.44. The Bertz CT molecular complexity index is 224. The van der Waals surface area contributed by atoms with Crippen molar-refractivity contribution in [2.45, 2.75) is 60.3 Å². The van der Waals surface area contributed by atoms with Crippen LogP contribution in [0.2, 0.25) is 0 Å². The highest BCUT2D eigenvalue weighted by Crippen LogP contribution is 2.26. The average Bonchev–Trinajstić information content (AvgIpc) is 2.26.